The van der Waals surface area contributed by atoms with Crippen LogP contribution in [-0.2, 0) is 20.9 Å². The van der Waals surface area contributed by atoms with Crippen LogP contribution < -0.4 is 0 Å². The molecule has 1 amide bonds. The number of benzene rings is 2. The van der Waals surface area contributed by atoms with Gasteiger partial charge in [-0.25, -0.2) is 9.59 Å². The number of ether oxygens (including phenoxy) is 2. The summed E-state index contributed by atoms with van der Waals surface area (Å²) in [6.07, 6.45) is -2.34. The molecule has 2 aromatic rings. The SMILES string of the molecule is CCOC(=O)C(O)C/C(=N\C(=O)OCc1ccccc1)c1ccccc1. The van der Waals surface area contributed by atoms with Gasteiger partial charge in [0.05, 0.1) is 12.3 Å². The van der Waals surface area contributed by atoms with Gasteiger partial charge in [-0.2, -0.15) is 4.99 Å². The molecule has 0 aliphatic heterocycles. The lowest BCUT2D eigenvalue weighted by atomic mass is 10.0. The molecule has 1 N–H and O–H groups in total. The van der Waals surface area contributed by atoms with Crippen molar-refractivity contribution in [3.8, 4) is 0 Å². The number of esters is 1. The summed E-state index contributed by atoms with van der Waals surface area (Å²) in [5.41, 5.74) is 1.71. The molecule has 0 saturated carbocycles. The molecular formula is C20H21NO5. The molecule has 0 aromatic heterocycles. The Morgan fingerprint density at radius 2 is 1.62 bits per heavy atom. The van der Waals surface area contributed by atoms with Crippen LogP contribution in [0.25, 0.3) is 0 Å². The number of aliphatic imine (C=N–C) groups is 1. The quantitative estimate of drug-likeness (QED) is 0.609. The van der Waals surface area contributed by atoms with Crippen LogP contribution in [-0.4, -0.2) is 35.6 Å². The average molecular weight is 355 g/mol. The summed E-state index contributed by atoms with van der Waals surface area (Å²) in [6, 6.07) is 18.1. The van der Waals surface area contributed by atoms with E-state index < -0.39 is 18.2 Å². The van der Waals surface area contributed by atoms with E-state index in [0.29, 0.717) is 5.56 Å². The molecule has 0 heterocycles. The fourth-order valence-corrected chi connectivity index (χ4v) is 2.23. The summed E-state index contributed by atoms with van der Waals surface area (Å²) in [7, 11) is 0. The zero-order valence-electron chi connectivity index (χ0n) is 14.5. The van der Waals surface area contributed by atoms with Crippen LogP contribution in [0.4, 0.5) is 4.79 Å². The van der Waals surface area contributed by atoms with Crippen molar-refractivity contribution in [2.24, 2.45) is 4.99 Å². The summed E-state index contributed by atoms with van der Waals surface area (Å²) >= 11 is 0. The number of carbonyl (C=O) groups is 2. The molecule has 2 rings (SSSR count). The predicted molar refractivity (Wildman–Crippen MR) is 96.9 cm³/mol. The third-order valence-corrected chi connectivity index (χ3v) is 3.48. The Bertz CT molecular complexity index is 743. The first-order valence-corrected chi connectivity index (χ1v) is 8.28. The first kappa shape index (κ1) is 19.3. The second-order valence-electron chi connectivity index (χ2n) is 5.44. The summed E-state index contributed by atoms with van der Waals surface area (Å²) in [6.45, 7) is 1.90. The largest absolute Gasteiger partial charge is 0.464 e. The molecule has 136 valence electrons. The van der Waals surface area contributed by atoms with Crippen LogP contribution in [0.15, 0.2) is 65.7 Å². The van der Waals surface area contributed by atoms with Gasteiger partial charge in [0.15, 0.2) is 6.10 Å². The molecule has 0 aliphatic rings. The van der Waals surface area contributed by atoms with Gasteiger partial charge in [0.25, 0.3) is 0 Å². The first-order chi connectivity index (χ1) is 12.6. The van der Waals surface area contributed by atoms with Gasteiger partial charge in [0.1, 0.15) is 6.61 Å². The Hall–Kier alpha value is -2.99. The number of nitrogens with zero attached hydrogens (tertiary/aromatic N) is 1. The number of amides is 1. The summed E-state index contributed by atoms with van der Waals surface area (Å²) in [5, 5.41) is 9.99. The summed E-state index contributed by atoms with van der Waals surface area (Å²) in [5.74, 6) is -0.756. The Labute approximate surface area is 152 Å². The van der Waals surface area contributed by atoms with E-state index in [1.165, 1.54) is 0 Å². The minimum absolute atomic E-state index is 0.0890. The molecule has 0 bridgehead atoms. The molecule has 0 fully saturated rings. The number of aliphatic hydroxyl groups is 1. The van der Waals surface area contributed by atoms with E-state index in [0.717, 1.165) is 5.56 Å². The van der Waals surface area contributed by atoms with Crippen molar-refractivity contribution in [2.75, 3.05) is 6.61 Å². The van der Waals surface area contributed by atoms with Gasteiger partial charge in [-0.3, -0.25) is 0 Å². The normalized spacial score (nSPS) is 12.3. The third-order valence-electron chi connectivity index (χ3n) is 3.48. The molecule has 1 atom stereocenters. The summed E-state index contributed by atoms with van der Waals surface area (Å²) in [4.78, 5) is 27.7. The van der Waals surface area contributed by atoms with Crippen LogP contribution in [0.5, 0.6) is 0 Å². The molecule has 0 saturated heterocycles. The van der Waals surface area contributed by atoms with Crippen LogP contribution in [0.1, 0.15) is 24.5 Å². The zero-order valence-corrected chi connectivity index (χ0v) is 14.5. The van der Waals surface area contributed by atoms with Crippen molar-refractivity contribution in [2.45, 2.75) is 26.1 Å². The number of carbonyl (C=O) groups excluding carboxylic acids is 2. The maximum Gasteiger partial charge on any atom is 0.434 e. The lowest BCUT2D eigenvalue weighted by molar-refractivity contribution is -0.152. The molecule has 1 unspecified atom stereocenters. The van der Waals surface area contributed by atoms with E-state index in [1.807, 2.05) is 36.4 Å². The molecular weight excluding hydrogens is 334 g/mol. The smallest absolute Gasteiger partial charge is 0.434 e. The molecule has 0 spiro atoms. The van der Waals surface area contributed by atoms with Gasteiger partial charge in [-0.15, -0.1) is 0 Å². The molecule has 6 nitrogen and oxygen atoms in total. The molecule has 6 heteroatoms. The zero-order chi connectivity index (χ0) is 18.8. The molecule has 0 radical (unpaired) electrons. The van der Waals surface area contributed by atoms with E-state index in [9.17, 15) is 14.7 Å². The first-order valence-electron chi connectivity index (χ1n) is 8.28. The second-order valence-corrected chi connectivity index (χ2v) is 5.44. The van der Waals surface area contributed by atoms with E-state index in [1.54, 1.807) is 31.2 Å². The lowest BCUT2D eigenvalue weighted by Crippen LogP contribution is -2.26. The van der Waals surface area contributed by atoms with E-state index in [4.69, 9.17) is 9.47 Å². The highest BCUT2D eigenvalue weighted by molar-refractivity contribution is 6.06. The second kappa shape index (κ2) is 10.1. The maximum absolute atomic E-state index is 12.1. The van der Waals surface area contributed by atoms with Crippen molar-refractivity contribution in [1.29, 1.82) is 0 Å². The van der Waals surface area contributed by atoms with Crippen molar-refractivity contribution in [3.05, 3.63) is 71.8 Å². The maximum atomic E-state index is 12.1. The Morgan fingerprint density at radius 3 is 2.23 bits per heavy atom. The molecule has 0 aliphatic carbocycles. The minimum atomic E-state index is -1.41. The standard InChI is InChI=1S/C20H21NO5/c1-2-25-19(23)18(22)13-17(16-11-7-4-8-12-16)21-20(24)26-14-15-9-5-3-6-10-15/h3-12,18,22H,2,13-14H2,1H3/b21-17+. The van der Waals surface area contributed by atoms with E-state index >= 15 is 0 Å². The number of rotatable bonds is 7. The van der Waals surface area contributed by atoms with Crippen molar-refractivity contribution in [3.63, 3.8) is 0 Å². The van der Waals surface area contributed by atoms with Crippen LogP contribution >= 0.6 is 0 Å². The minimum Gasteiger partial charge on any atom is -0.464 e. The van der Waals surface area contributed by atoms with E-state index in [-0.39, 0.29) is 25.3 Å². The fourth-order valence-electron chi connectivity index (χ4n) is 2.23. The summed E-state index contributed by atoms with van der Waals surface area (Å²) < 4.78 is 9.94. The van der Waals surface area contributed by atoms with Gasteiger partial charge < -0.3 is 14.6 Å². The van der Waals surface area contributed by atoms with Gasteiger partial charge in [-0.05, 0) is 18.1 Å². The van der Waals surface area contributed by atoms with Gasteiger partial charge in [0, 0.05) is 6.42 Å². The highest BCUT2D eigenvalue weighted by atomic mass is 16.5. The van der Waals surface area contributed by atoms with E-state index in [2.05, 4.69) is 4.99 Å². The monoisotopic (exact) mass is 355 g/mol. The average Bonchev–Trinajstić information content (AvgIpc) is 2.67. The highest BCUT2D eigenvalue weighted by Crippen LogP contribution is 2.10. The van der Waals surface area contributed by atoms with Gasteiger partial charge in [0.2, 0.25) is 0 Å². The van der Waals surface area contributed by atoms with Crippen molar-refractivity contribution < 1.29 is 24.2 Å². The molecule has 2 aromatic carbocycles. The Morgan fingerprint density at radius 1 is 1.00 bits per heavy atom. The topological polar surface area (TPSA) is 85.2 Å². The predicted octanol–water partition coefficient (Wildman–Crippen LogP) is 3.13. The van der Waals surface area contributed by atoms with Crippen molar-refractivity contribution >= 4 is 17.8 Å². The van der Waals surface area contributed by atoms with Crippen LogP contribution in [0.3, 0.4) is 0 Å². The Kier molecular flexibility index (Phi) is 7.51. The third kappa shape index (κ3) is 6.14. The number of hydrogen-bond donors (Lipinski definition) is 1. The van der Waals surface area contributed by atoms with Crippen molar-refractivity contribution in [1.82, 2.24) is 0 Å². The van der Waals surface area contributed by atoms with Gasteiger partial charge >= 0.3 is 12.1 Å². The highest BCUT2D eigenvalue weighted by Gasteiger charge is 2.20. The Balaban J connectivity index is 2.10. The lowest BCUT2D eigenvalue weighted by Gasteiger charge is -2.12. The number of hydrogen-bond acceptors (Lipinski definition) is 5. The van der Waals surface area contributed by atoms with Crippen LogP contribution in [0.2, 0.25) is 0 Å². The van der Waals surface area contributed by atoms with Gasteiger partial charge in [-0.1, -0.05) is 60.7 Å². The van der Waals surface area contributed by atoms with Crippen LogP contribution in [0, 0.1) is 0 Å². The number of aliphatic hydroxyl groups excluding tert-OH is 1. The molecule has 26 heavy (non-hydrogen) atoms. The fraction of sp³-hybridized carbons (Fsp3) is 0.250.